The number of nitrogens with two attached hydrogens (primary N) is 1. The normalized spacial score (nSPS) is 21.2. The van der Waals surface area contributed by atoms with Crippen molar-refractivity contribution in [2.24, 2.45) is 16.6 Å². The molecule has 4 heteroatoms. The first kappa shape index (κ1) is 39.1. The van der Waals surface area contributed by atoms with Crippen molar-refractivity contribution in [3.63, 3.8) is 0 Å². The average molecular weight is 651 g/mol. The van der Waals surface area contributed by atoms with Gasteiger partial charge in [-0.15, -0.1) is 0 Å². The summed E-state index contributed by atoms with van der Waals surface area (Å²) in [5, 5.41) is 11.5. The lowest BCUT2D eigenvalue weighted by Gasteiger charge is -2.37. The molecule has 0 fully saturated rings. The van der Waals surface area contributed by atoms with E-state index in [1.54, 1.807) is 0 Å². The molecule has 260 valence electrons. The van der Waals surface area contributed by atoms with Crippen LogP contribution in [0.5, 0.6) is 0 Å². The van der Waals surface area contributed by atoms with Crippen LogP contribution in [0.25, 0.3) is 12.2 Å². The highest BCUT2D eigenvalue weighted by Crippen LogP contribution is 2.42. The molecule has 0 radical (unpaired) electrons. The second-order valence-electron chi connectivity index (χ2n) is 15.0. The molecule has 1 aromatic rings. The lowest BCUT2D eigenvalue weighted by molar-refractivity contribution is -0.713. The minimum atomic E-state index is -0.155. The molecule has 0 bridgehead atoms. The quantitative estimate of drug-likeness (QED) is 0.161. The van der Waals surface area contributed by atoms with Gasteiger partial charge in [-0.05, 0) is 105 Å². The third kappa shape index (κ3) is 11.7. The summed E-state index contributed by atoms with van der Waals surface area (Å²) in [6.07, 6.45) is 32.0. The SMILES string of the molecule is CC1=C(/C=C/C(C)=C/C=C/c2cc[n+](CC[O-])c(/C=C(C)/C=C/C=C(C)/C=C/C3=C(C)C(OCCN)CCC3(C)C)c2)C(C)(C)CCC1. The van der Waals surface area contributed by atoms with Gasteiger partial charge >= 0.3 is 0 Å². The Morgan fingerprint density at radius 2 is 1.58 bits per heavy atom. The van der Waals surface area contributed by atoms with Crippen molar-refractivity contribution in [2.45, 2.75) is 107 Å². The highest BCUT2D eigenvalue weighted by molar-refractivity contribution is 5.57. The van der Waals surface area contributed by atoms with Crippen molar-refractivity contribution in [3.05, 3.63) is 123 Å². The van der Waals surface area contributed by atoms with Crippen LogP contribution in [0, 0.1) is 10.8 Å². The lowest BCUT2D eigenvalue weighted by Crippen LogP contribution is -2.41. The van der Waals surface area contributed by atoms with E-state index in [4.69, 9.17) is 10.5 Å². The van der Waals surface area contributed by atoms with Gasteiger partial charge in [-0.3, -0.25) is 0 Å². The summed E-state index contributed by atoms with van der Waals surface area (Å²) in [5.74, 6) is 0. The van der Waals surface area contributed by atoms with E-state index in [9.17, 15) is 5.11 Å². The molecule has 48 heavy (non-hydrogen) atoms. The molecule has 0 saturated heterocycles. The number of hydrogen-bond acceptors (Lipinski definition) is 3. The van der Waals surface area contributed by atoms with Gasteiger partial charge in [0.1, 0.15) is 6.54 Å². The fraction of sp³-hybridized carbons (Fsp3) is 0.477. The van der Waals surface area contributed by atoms with Crippen molar-refractivity contribution >= 4 is 12.2 Å². The van der Waals surface area contributed by atoms with Crippen molar-refractivity contribution in [1.29, 1.82) is 0 Å². The molecule has 0 spiro atoms. The van der Waals surface area contributed by atoms with Gasteiger partial charge in [0.05, 0.1) is 12.7 Å². The van der Waals surface area contributed by atoms with E-state index in [-0.39, 0.29) is 23.5 Å². The highest BCUT2D eigenvalue weighted by atomic mass is 16.5. The van der Waals surface area contributed by atoms with Crippen LogP contribution in [-0.2, 0) is 11.3 Å². The van der Waals surface area contributed by atoms with Gasteiger partial charge in [-0.1, -0.05) is 112 Å². The fourth-order valence-electron chi connectivity index (χ4n) is 6.92. The number of ether oxygens (including phenoxy) is 1. The maximum Gasteiger partial charge on any atom is 0.205 e. The van der Waals surface area contributed by atoms with Gasteiger partial charge in [-0.2, -0.15) is 0 Å². The van der Waals surface area contributed by atoms with Crippen molar-refractivity contribution in [3.8, 4) is 0 Å². The zero-order valence-corrected chi connectivity index (χ0v) is 31.4. The molecule has 1 atom stereocenters. The van der Waals surface area contributed by atoms with Gasteiger partial charge in [0.2, 0.25) is 5.69 Å². The number of hydrogen-bond donors (Lipinski definition) is 1. The zero-order valence-electron chi connectivity index (χ0n) is 31.4. The second kappa shape index (κ2) is 18.5. The van der Waals surface area contributed by atoms with Crippen LogP contribution in [0.4, 0.5) is 0 Å². The Kier molecular flexibility index (Phi) is 15.0. The Balaban J connectivity index is 1.73. The van der Waals surface area contributed by atoms with Gasteiger partial charge in [0.25, 0.3) is 0 Å². The monoisotopic (exact) mass is 650 g/mol. The van der Waals surface area contributed by atoms with Crippen molar-refractivity contribution < 1.29 is 14.4 Å². The molecule has 1 aromatic heterocycles. The molecular weight excluding hydrogens is 588 g/mol. The Hall–Kier alpha value is -3.31. The molecule has 2 aliphatic carbocycles. The first-order valence-corrected chi connectivity index (χ1v) is 17.9. The van der Waals surface area contributed by atoms with E-state index >= 15 is 0 Å². The van der Waals surface area contributed by atoms with Gasteiger partial charge in [0, 0.05) is 24.8 Å². The molecule has 3 rings (SSSR count). The molecule has 0 aliphatic heterocycles. The summed E-state index contributed by atoms with van der Waals surface area (Å²) in [4.78, 5) is 0. The van der Waals surface area contributed by atoms with Crippen LogP contribution in [0.2, 0.25) is 0 Å². The zero-order chi connectivity index (χ0) is 35.3. The topological polar surface area (TPSA) is 62.2 Å². The molecule has 1 unspecified atom stereocenters. The summed E-state index contributed by atoms with van der Waals surface area (Å²) in [6.45, 7) is 21.6. The third-order valence-corrected chi connectivity index (χ3v) is 9.84. The fourth-order valence-corrected chi connectivity index (χ4v) is 6.92. The Morgan fingerprint density at radius 3 is 2.25 bits per heavy atom. The van der Waals surface area contributed by atoms with Gasteiger partial charge < -0.3 is 15.6 Å². The molecule has 0 amide bonds. The van der Waals surface area contributed by atoms with Crippen LogP contribution >= 0.6 is 0 Å². The number of rotatable bonds is 14. The highest BCUT2D eigenvalue weighted by Gasteiger charge is 2.32. The predicted molar refractivity (Wildman–Crippen MR) is 204 cm³/mol. The smallest absolute Gasteiger partial charge is 0.205 e. The van der Waals surface area contributed by atoms with Crippen LogP contribution in [0.3, 0.4) is 0 Å². The summed E-state index contributed by atoms with van der Waals surface area (Å²) >= 11 is 0. The molecule has 2 aliphatic rings. The van der Waals surface area contributed by atoms with E-state index in [0.717, 1.165) is 29.7 Å². The number of aromatic nitrogens is 1. The minimum absolute atomic E-state index is 0.122. The molecule has 1 heterocycles. The Morgan fingerprint density at radius 1 is 0.917 bits per heavy atom. The summed E-state index contributed by atoms with van der Waals surface area (Å²) < 4.78 is 8.06. The van der Waals surface area contributed by atoms with Gasteiger partial charge in [-0.25, -0.2) is 4.57 Å². The lowest BCUT2D eigenvalue weighted by atomic mass is 9.71. The second-order valence-corrected chi connectivity index (χ2v) is 15.0. The molecular formula is C44H62N2O2. The summed E-state index contributed by atoms with van der Waals surface area (Å²) in [7, 11) is 0. The maximum atomic E-state index is 11.5. The largest absolute Gasteiger partial charge is 0.850 e. The van der Waals surface area contributed by atoms with Crippen molar-refractivity contribution in [2.75, 3.05) is 19.8 Å². The van der Waals surface area contributed by atoms with Crippen LogP contribution in [-0.4, -0.2) is 25.9 Å². The summed E-state index contributed by atoms with van der Waals surface area (Å²) in [5.41, 5.74) is 17.4. The minimum Gasteiger partial charge on any atom is -0.850 e. The number of pyridine rings is 1. The maximum absolute atomic E-state index is 11.5. The average Bonchev–Trinajstić information content (AvgIpc) is 3.01. The molecule has 4 nitrogen and oxygen atoms in total. The van der Waals surface area contributed by atoms with Crippen LogP contribution in [0.15, 0.2) is 112 Å². The Labute approximate surface area is 292 Å². The number of allylic oxidation sites excluding steroid dienone is 15. The first-order chi connectivity index (χ1) is 22.8. The van der Waals surface area contributed by atoms with Crippen LogP contribution < -0.4 is 15.4 Å². The van der Waals surface area contributed by atoms with Crippen LogP contribution in [0.1, 0.15) is 106 Å². The third-order valence-electron chi connectivity index (χ3n) is 9.84. The van der Waals surface area contributed by atoms with E-state index in [1.165, 1.54) is 52.7 Å². The standard InChI is InChI=1S/C44H62N2O2/c1-33(19-21-41-37(5)42(48-30-26-45)22-25-44(41,8)9)13-10-15-35(3)31-39-32-38(23-27-46(39)28-29-47)17-11-14-34(2)18-20-40-36(4)16-12-24-43(40,6)7/h10-11,13-15,17-21,23,27,31-32,42H,12,16,22,24-26,28-30,45H2,1-9H3/b15-10+,17-11+,20-18+,21-19+,33-13+,34-14+,35-31+. The predicted octanol–water partition coefficient (Wildman–Crippen LogP) is 9.32. The molecule has 0 saturated carbocycles. The van der Waals surface area contributed by atoms with Crippen molar-refractivity contribution in [1.82, 2.24) is 0 Å². The van der Waals surface area contributed by atoms with E-state index < -0.39 is 0 Å². The van der Waals surface area contributed by atoms with Gasteiger partial charge in [0.15, 0.2) is 6.20 Å². The van der Waals surface area contributed by atoms with E-state index in [0.29, 0.717) is 19.7 Å². The molecule has 0 aromatic carbocycles. The number of nitrogens with zero attached hydrogens (tertiary/aromatic N) is 1. The Bertz CT molecular complexity index is 1530. The summed E-state index contributed by atoms with van der Waals surface area (Å²) in [6, 6.07) is 4.22. The van der Waals surface area contributed by atoms with E-state index in [1.807, 2.05) is 10.8 Å². The first-order valence-electron chi connectivity index (χ1n) is 17.9. The van der Waals surface area contributed by atoms with E-state index in [2.05, 4.69) is 141 Å². The molecule has 2 N–H and O–H groups in total.